The van der Waals surface area contributed by atoms with Crippen LogP contribution in [0.25, 0.3) is 0 Å². The highest BCUT2D eigenvalue weighted by molar-refractivity contribution is 4.82. The molecule has 1 heterocycles. The van der Waals surface area contributed by atoms with Gasteiger partial charge in [0, 0.05) is 18.5 Å². The number of rotatable bonds is 7. The van der Waals surface area contributed by atoms with Gasteiger partial charge in [0.1, 0.15) is 6.61 Å². The van der Waals surface area contributed by atoms with Crippen LogP contribution in [0.2, 0.25) is 0 Å². The Morgan fingerprint density at radius 1 is 1.50 bits per heavy atom. The molecule has 0 aromatic heterocycles. The second-order valence-electron chi connectivity index (χ2n) is 3.95. The van der Waals surface area contributed by atoms with Gasteiger partial charge < -0.3 is 14.8 Å². The van der Waals surface area contributed by atoms with Crippen molar-refractivity contribution in [3.8, 4) is 0 Å². The van der Waals surface area contributed by atoms with Crippen LogP contribution in [0.1, 0.15) is 6.92 Å². The van der Waals surface area contributed by atoms with Crippen molar-refractivity contribution in [3.05, 3.63) is 0 Å². The normalized spacial score (nSPS) is 19.7. The van der Waals surface area contributed by atoms with Gasteiger partial charge in [-0.25, -0.2) is 8.78 Å². The highest BCUT2D eigenvalue weighted by atomic mass is 19.3. The first-order chi connectivity index (χ1) is 6.62. The first kappa shape index (κ1) is 11.8. The van der Waals surface area contributed by atoms with E-state index in [9.17, 15) is 8.78 Å². The lowest BCUT2D eigenvalue weighted by Crippen LogP contribution is -2.47. The van der Waals surface area contributed by atoms with Crippen LogP contribution in [0.5, 0.6) is 0 Å². The maximum atomic E-state index is 11.6. The van der Waals surface area contributed by atoms with Crippen LogP contribution in [-0.4, -0.2) is 45.9 Å². The van der Waals surface area contributed by atoms with Crippen molar-refractivity contribution < 1.29 is 18.3 Å². The quantitative estimate of drug-likeness (QED) is 0.632. The fourth-order valence-corrected chi connectivity index (χ4v) is 1.26. The summed E-state index contributed by atoms with van der Waals surface area (Å²) in [6.07, 6.45) is -2.37. The first-order valence-electron chi connectivity index (χ1n) is 4.77. The fourth-order valence-electron chi connectivity index (χ4n) is 1.26. The second kappa shape index (κ2) is 5.58. The van der Waals surface area contributed by atoms with Crippen LogP contribution in [0.3, 0.4) is 0 Å². The molecule has 14 heavy (non-hydrogen) atoms. The molecular formula is C9H17F2NO2. The third kappa shape index (κ3) is 4.30. The Morgan fingerprint density at radius 2 is 2.21 bits per heavy atom. The van der Waals surface area contributed by atoms with Gasteiger partial charge in [-0.15, -0.1) is 0 Å². The monoisotopic (exact) mass is 209 g/mol. The summed E-state index contributed by atoms with van der Waals surface area (Å²) >= 11 is 0. The lowest BCUT2D eigenvalue weighted by atomic mass is 9.89. The predicted molar refractivity (Wildman–Crippen MR) is 48.6 cm³/mol. The zero-order valence-electron chi connectivity index (χ0n) is 8.39. The number of ether oxygens (including phenoxy) is 2. The fraction of sp³-hybridized carbons (Fsp3) is 1.00. The van der Waals surface area contributed by atoms with Crippen LogP contribution >= 0.6 is 0 Å². The Bertz CT molecular complexity index is 163. The summed E-state index contributed by atoms with van der Waals surface area (Å²) in [6.45, 7) is 5.01. The molecule has 84 valence electrons. The molecule has 1 aliphatic rings. The summed E-state index contributed by atoms with van der Waals surface area (Å²) in [6, 6.07) is 0. The Morgan fingerprint density at radius 3 is 2.71 bits per heavy atom. The van der Waals surface area contributed by atoms with Crippen LogP contribution in [0, 0.1) is 5.41 Å². The van der Waals surface area contributed by atoms with Crippen molar-refractivity contribution in [2.45, 2.75) is 13.3 Å². The molecule has 1 fully saturated rings. The van der Waals surface area contributed by atoms with Crippen molar-refractivity contribution in [2.24, 2.45) is 5.41 Å². The van der Waals surface area contributed by atoms with Crippen molar-refractivity contribution in [1.82, 2.24) is 5.32 Å². The summed E-state index contributed by atoms with van der Waals surface area (Å²) in [5, 5.41) is 3.15. The topological polar surface area (TPSA) is 30.5 Å². The van der Waals surface area contributed by atoms with Gasteiger partial charge in [0.25, 0.3) is 6.43 Å². The molecule has 1 aliphatic heterocycles. The molecule has 0 spiro atoms. The largest absolute Gasteiger partial charge is 0.380 e. The van der Waals surface area contributed by atoms with E-state index in [1.54, 1.807) is 0 Å². The predicted octanol–water partition coefficient (Wildman–Crippen LogP) is 0.894. The van der Waals surface area contributed by atoms with Gasteiger partial charge in [-0.05, 0) is 0 Å². The molecule has 0 aromatic rings. The zero-order valence-corrected chi connectivity index (χ0v) is 8.39. The third-order valence-corrected chi connectivity index (χ3v) is 2.12. The highest BCUT2D eigenvalue weighted by Gasteiger charge is 2.32. The minimum absolute atomic E-state index is 0.225. The van der Waals surface area contributed by atoms with Gasteiger partial charge in [-0.2, -0.15) is 0 Å². The van der Waals surface area contributed by atoms with Crippen LogP contribution < -0.4 is 5.32 Å². The summed E-state index contributed by atoms with van der Waals surface area (Å²) in [7, 11) is 0. The van der Waals surface area contributed by atoms with E-state index in [1.165, 1.54) is 0 Å². The van der Waals surface area contributed by atoms with E-state index in [4.69, 9.17) is 9.47 Å². The van der Waals surface area contributed by atoms with Gasteiger partial charge in [0.15, 0.2) is 0 Å². The van der Waals surface area contributed by atoms with Crippen molar-refractivity contribution in [1.29, 1.82) is 0 Å². The van der Waals surface area contributed by atoms with Crippen LogP contribution in [0.4, 0.5) is 8.78 Å². The van der Waals surface area contributed by atoms with Gasteiger partial charge in [-0.3, -0.25) is 0 Å². The van der Waals surface area contributed by atoms with E-state index in [0.717, 1.165) is 19.8 Å². The number of alkyl halides is 2. The summed E-state index contributed by atoms with van der Waals surface area (Å²) in [4.78, 5) is 0. The van der Waals surface area contributed by atoms with Crippen LogP contribution in [0.15, 0.2) is 0 Å². The molecule has 1 saturated heterocycles. The van der Waals surface area contributed by atoms with Gasteiger partial charge in [0.2, 0.25) is 0 Å². The molecule has 5 heteroatoms. The highest BCUT2D eigenvalue weighted by Crippen LogP contribution is 2.24. The lowest BCUT2D eigenvalue weighted by Gasteiger charge is -2.38. The minimum atomic E-state index is -2.37. The van der Waals surface area contributed by atoms with Crippen molar-refractivity contribution in [2.75, 3.05) is 39.5 Å². The molecular weight excluding hydrogens is 192 g/mol. The molecule has 0 amide bonds. The Hall–Kier alpha value is -0.260. The molecule has 0 aliphatic carbocycles. The van der Waals surface area contributed by atoms with E-state index in [1.807, 2.05) is 0 Å². The molecule has 0 saturated carbocycles. The Kier molecular flexibility index (Phi) is 4.71. The molecule has 1 N–H and O–H groups in total. The van der Waals surface area contributed by atoms with Crippen molar-refractivity contribution in [3.63, 3.8) is 0 Å². The van der Waals surface area contributed by atoms with Gasteiger partial charge in [-0.1, -0.05) is 6.92 Å². The van der Waals surface area contributed by atoms with E-state index in [-0.39, 0.29) is 5.41 Å². The number of nitrogens with one attached hydrogen (secondary N) is 1. The Labute approximate surface area is 82.8 Å². The standard InChI is InChI=1S/C9H17F2NO2/c1-9(6-14-7-9)5-12-2-3-13-4-8(10)11/h8,12H,2-7H2,1H3. The summed E-state index contributed by atoms with van der Waals surface area (Å²) in [5.41, 5.74) is 0.225. The van der Waals surface area contributed by atoms with Gasteiger partial charge in [0.05, 0.1) is 19.8 Å². The van der Waals surface area contributed by atoms with E-state index >= 15 is 0 Å². The molecule has 3 nitrogen and oxygen atoms in total. The first-order valence-corrected chi connectivity index (χ1v) is 4.77. The number of hydrogen-bond donors (Lipinski definition) is 1. The SMILES string of the molecule is CC1(CNCCOCC(F)F)COC1. The molecule has 0 unspecified atom stereocenters. The van der Waals surface area contributed by atoms with Gasteiger partial charge >= 0.3 is 0 Å². The number of halogens is 2. The molecule has 0 radical (unpaired) electrons. The maximum absolute atomic E-state index is 11.6. The summed E-state index contributed by atoms with van der Waals surface area (Å²) < 4.78 is 33.1. The van der Waals surface area contributed by atoms with Crippen LogP contribution in [-0.2, 0) is 9.47 Å². The molecule has 0 atom stereocenters. The molecule has 1 rings (SSSR count). The van der Waals surface area contributed by atoms with E-state index < -0.39 is 13.0 Å². The average Bonchev–Trinajstić information content (AvgIpc) is 2.07. The third-order valence-electron chi connectivity index (χ3n) is 2.12. The van der Waals surface area contributed by atoms with Crippen molar-refractivity contribution >= 4 is 0 Å². The number of hydrogen-bond acceptors (Lipinski definition) is 3. The van der Waals surface area contributed by atoms with E-state index in [0.29, 0.717) is 13.2 Å². The Balaban J connectivity index is 1.84. The molecule has 0 aromatic carbocycles. The smallest absolute Gasteiger partial charge is 0.261 e. The molecule has 0 bridgehead atoms. The average molecular weight is 209 g/mol. The maximum Gasteiger partial charge on any atom is 0.261 e. The second-order valence-corrected chi connectivity index (χ2v) is 3.95. The van der Waals surface area contributed by atoms with E-state index in [2.05, 4.69) is 12.2 Å². The zero-order chi connectivity index (χ0) is 10.4. The summed E-state index contributed by atoms with van der Waals surface area (Å²) in [5.74, 6) is 0. The minimum Gasteiger partial charge on any atom is -0.380 e. The lowest BCUT2D eigenvalue weighted by molar-refractivity contribution is -0.0994.